The third kappa shape index (κ3) is 5.97. The van der Waals surface area contributed by atoms with Gasteiger partial charge in [-0.05, 0) is 43.9 Å². The van der Waals surface area contributed by atoms with Crippen molar-refractivity contribution in [3.05, 3.63) is 23.2 Å². The van der Waals surface area contributed by atoms with Crippen molar-refractivity contribution in [2.24, 2.45) is 0 Å². The largest absolute Gasteiger partial charge is 0.495 e. The number of carbonyl (C=O) groups excluding carboxylic acids is 1. The van der Waals surface area contributed by atoms with Crippen LogP contribution in [0.1, 0.15) is 25.7 Å². The van der Waals surface area contributed by atoms with Gasteiger partial charge in [-0.2, -0.15) is 0 Å². The van der Waals surface area contributed by atoms with E-state index in [9.17, 15) is 13.2 Å². The highest BCUT2D eigenvalue weighted by molar-refractivity contribution is 7.88. The topological polar surface area (TPSA) is 88.2 Å². The molecule has 1 aromatic rings. The van der Waals surface area contributed by atoms with E-state index < -0.39 is 10.0 Å². The number of urea groups is 1. The quantitative estimate of drug-likeness (QED) is 0.752. The smallest absolute Gasteiger partial charge is 0.321 e. The van der Waals surface area contributed by atoms with Crippen molar-refractivity contribution in [2.75, 3.05) is 44.9 Å². The summed E-state index contributed by atoms with van der Waals surface area (Å²) in [6.07, 6.45) is 4.35. The SMILES string of the molecule is COc1ccc(Cl)cc1NC(=O)N1CCC(OC2CCN(S(C)(=O)=O)CC2)CC1. The Morgan fingerprint density at radius 2 is 1.69 bits per heavy atom. The minimum absolute atomic E-state index is 0.0779. The van der Waals surface area contributed by atoms with Crippen LogP contribution in [0.4, 0.5) is 10.5 Å². The number of benzene rings is 1. The van der Waals surface area contributed by atoms with Gasteiger partial charge in [0.1, 0.15) is 5.75 Å². The summed E-state index contributed by atoms with van der Waals surface area (Å²) in [5.41, 5.74) is 0.543. The molecule has 0 unspecified atom stereocenters. The number of hydrogen-bond donors (Lipinski definition) is 1. The molecule has 0 saturated carbocycles. The van der Waals surface area contributed by atoms with Gasteiger partial charge in [-0.15, -0.1) is 0 Å². The van der Waals surface area contributed by atoms with Crippen LogP contribution in [0.2, 0.25) is 5.02 Å². The minimum Gasteiger partial charge on any atom is -0.495 e. The third-order valence-corrected chi connectivity index (χ3v) is 6.93. The molecule has 8 nitrogen and oxygen atoms in total. The van der Waals surface area contributed by atoms with Crippen LogP contribution >= 0.6 is 11.6 Å². The van der Waals surface area contributed by atoms with Gasteiger partial charge in [-0.25, -0.2) is 17.5 Å². The van der Waals surface area contributed by atoms with E-state index in [1.807, 2.05) is 0 Å². The van der Waals surface area contributed by atoms with Crippen molar-refractivity contribution in [2.45, 2.75) is 37.9 Å². The highest BCUT2D eigenvalue weighted by atomic mass is 35.5. The summed E-state index contributed by atoms with van der Waals surface area (Å²) in [5, 5.41) is 3.38. The second-order valence-corrected chi connectivity index (χ2v) is 9.88. The molecule has 162 valence electrons. The van der Waals surface area contributed by atoms with Gasteiger partial charge < -0.3 is 19.7 Å². The van der Waals surface area contributed by atoms with Crippen LogP contribution in [-0.2, 0) is 14.8 Å². The maximum Gasteiger partial charge on any atom is 0.321 e. The predicted molar refractivity (Wildman–Crippen MR) is 112 cm³/mol. The fraction of sp³-hybridized carbons (Fsp3) is 0.632. The van der Waals surface area contributed by atoms with Crippen LogP contribution < -0.4 is 10.1 Å². The number of halogens is 1. The molecule has 2 heterocycles. The number of nitrogens with zero attached hydrogens (tertiary/aromatic N) is 2. The maximum absolute atomic E-state index is 12.6. The van der Waals surface area contributed by atoms with E-state index in [0.29, 0.717) is 55.5 Å². The van der Waals surface area contributed by atoms with Crippen LogP contribution in [0.5, 0.6) is 5.75 Å². The molecular weight excluding hydrogens is 418 g/mol. The molecule has 2 fully saturated rings. The molecule has 10 heteroatoms. The summed E-state index contributed by atoms with van der Waals surface area (Å²) in [7, 11) is -1.58. The second kappa shape index (κ2) is 9.51. The lowest BCUT2D eigenvalue weighted by Crippen LogP contribution is -2.45. The number of piperidine rings is 2. The Morgan fingerprint density at radius 3 is 2.24 bits per heavy atom. The Morgan fingerprint density at radius 1 is 1.10 bits per heavy atom. The van der Waals surface area contributed by atoms with Gasteiger partial charge in [0.15, 0.2) is 0 Å². The average Bonchev–Trinajstić information content (AvgIpc) is 2.68. The molecule has 2 amide bonds. The summed E-state index contributed by atoms with van der Waals surface area (Å²) < 4.78 is 36.1. The lowest BCUT2D eigenvalue weighted by molar-refractivity contribution is -0.0542. The molecule has 29 heavy (non-hydrogen) atoms. The Balaban J connectivity index is 1.45. The standard InChI is InChI=1S/C19H28ClN3O5S/c1-27-18-4-3-14(20)13-17(18)21-19(24)22-9-5-15(6-10-22)28-16-7-11-23(12-8-16)29(2,25)26/h3-4,13,15-16H,5-12H2,1-2H3,(H,21,24). The normalized spacial score (nSPS) is 19.9. The molecule has 0 spiro atoms. The number of likely N-dealkylation sites (tertiary alicyclic amines) is 1. The number of methoxy groups -OCH3 is 1. The molecule has 0 radical (unpaired) electrons. The van der Waals surface area contributed by atoms with Crippen molar-refractivity contribution < 1.29 is 22.7 Å². The fourth-order valence-corrected chi connectivity index (χ4v) is 4.79. The van der Waals surface area contributed by atoms with Gasteiger partial charge in [0.05, 0.1) is 31.3 Å². The zero-order valence-corrected chi connectivity index (χ0v) is 18.3. The first-order chi connectivity index (χ1) is 13.8. The van der Waals surface area contributed by atoms with E-state index in [-0.39, 0.29) is 18.2 Å². The number of rotatable bonds is 5. The predicted octanol–water partition coefficient (Wildman–Crippen LogP) is 2.79. The van der Waals surface area contributed by atoms with Gasteiger partial charge in [-0.1, -0.05) is 11.6 Å². The van der Waals surface area contributed by atoms with Crippen molar-refractivity contribution in [1.29, 1.82) is 0 Å². The minimum atomic E-state index is -3.12. The van der Waals surface area contributed by atoms with Crippen molar-refractivity contribution >= 4 is 33.3 Å². The summed E-state index contributed by atoms with van der Waals surface area (Å²) in [6, 6.07) is 4.90. The third-order valence-electron chi connectivity index (χ3n) is 5.39. The molecule has 1 aromatic carbocycles. The summed E-state index contributed by atoms with van der Waals surface area (Å²) in [5.74, 6) is 0.557. The number of anilines is 1. The van der Waals surface area contributed by atoms with E-state index in [1.54, 1.807) is 30.2 Å². The fourth-order valence-electron chi connectivity index (χ4n) is 3.74. The first-order valence-electron chi connectivity index (χ1n) is 9.76. The lowest BCUT2D eigenvalue weighted by atomic mass is 10.1. The van der Waals surface area contributed by atoms with Crippen molar-refractivity contribution in [3.63, 3.8) is 0 Å². The number of ether oxygens (including phenoxy) is 2. The summed E-state index contributed by atoms with van der Waals surface area (Å²) in [4.78, 5) is 14.3. The van der Waals surface area contributed by atoms with E-state index in [1.165, 1.54) is 10.6 Å². The Labute approximate surface area is 177 Å². The molecule has 2 aliphatic heterocycles. The summed E-state index contributed by atoms with van der Waals surface area (Å²) >= 11 is 6.02. The molecule has 0 bridgehead atoms. The number of carbonyl (C=O) groups is 1. The van der Waals surface area contributed by atoms with Gasteiger partial charge in [-0.3, -0.25) is 0 Å². The molecule has 1 N–H and O–H groups in total. The van der Waals surface area contributed by atoms with Crippen LogP contribution in [-0.4, -0.2) is 75.4 Å². The van der Waals surface area contributed by atoms with Gasteiger partial charge in [0.25, 0.3) is 0 Å². The van der Waals surface area contributed by atoms with Crippen LogP contribution in [0, 0.1) is 0 Å². The number of sulfonamides is 1. The molecule has 0 aliphatic carbocycles. The first kappa shape index (κ1) is 22.1. The first-order valence-corrected chi connectivity index (χ1v) is 12.0. The van der Waals surface area contributed by atoms with E-state index >= 15 is 0 Å². The zero-order chi connectivity index (χ0) is 21.0. The molecule has 2 aliphatic rings. The van der Waals surface area contributed by atoms with Gasteiger partial charge >= 0.3 is 6.03 Å². The van der Waals surface area contributed by atoms with Crippen LogP contribution in [0.15, 0.2) is 18.2 Å². The highest BCUT2D eigenvalue weighted by Crippen LogP contribution is 2.28. The maximum atomic E-state index is 12.6. The Kier molecular flexibility index (Phi) is 7.26. The monoisotopic (exact) mass is 445 g/mol. The molecule has 0 atom stereocenters. The van der Waals surface area contributed by atoms with Crippen molar-refractivity contribution in [3.8, 4) is 5.75 Å². The van der Waals surface area contributed by atoms with Crippen molar-refractivity contribution in [1.82, 2.24) is 9.21 Å². The number of hydrogen-bond acceptors (Lipinski definition) is 5. The zero-order valence-electron chi connectivity index (χ0n) is 16.8. The molecule has 0 aromatic heterocycles. The van der Waals surface area contributed by atoms with E-state index in [0.717, 1.165) is 12.8 Å². The summed E-state index contributed by atoms with van der Waals surface area (Å²) in [6.45, 7) is 2.21. The van der Waals surface area contributed by atoms with Gasteiger partial charge in [0, 0.05) is 31.2 Å². The Hall–Kier alpha value is -1.55. The number of nitrogens with one attached hydrogen (secondary N) is 1. The molecule has 3 rings (SSSR count). The van der Waals surface area contributed by atoms with Gasteiger partial charge in [0.2, 0.25) is 10.0 Å². The van der Waals surface area contributed by atoms with E-state index in [4.69, 9.17) is 21.1 Å². The molecule has 2 saturated heterocycles. The highest BCUT2D eigenvalue weighted by Gasteiger charge is 2.29. The lowest BCUT2D eigenvalue weighted by Gasteiger charge is -2.36. The average molecular weight is 446 g/mol. The molecular formula is C19H28ClN3O5S. The Bertz CT molecular complexity index is 819. The second-order valence-electron chi connectivity index (χ2n) is 7.46. The van der Waals surface area contributed by atoms with E-state index in [2.05, 4.69) is 5.32 Å². The van der Waals surface area contributed by atoms with Crippen LogP contribution in [0.3, 0.4) is 0 Å². The van der Waals surface area contributed by atoms with Crippen LogP contribution in [0.25, 0.3) is 0 Å². The number of amides is 2.